The summed E-state index contributed by atoms with van der Waals surface area (Å²) in [6.45, 7) is -0.321. The smallest absolute Gasteiger partial charge is 0.266 e. The third-order valence-corrected chi connectivity index (χ3v) is 4.65. The molecule has 2 amide bonds. The van der Waals surface area contributed by atoms with Crippen molar-refractivity contribution in [3.63, 3.8) is 0 Å². The molecule has 0 heterocycles. The fourth-order valence-electron chi connectivity index (χ4n) is 2.66. The Morgan fingerprint density at radius 2 is 1.69 bits per heavy atom. The molecule has 32 heavy (non-hydrogen) atoms. The summed E-state index contributed by atoms with van der Waals surface area (Å²) in [5, 5.41) is 14.7. The van der Waals surface area contributed by atoms with Gasteiger partial charge in [0, 0.05) is 21.4 Å². The van der Waals surface area contributed by atoms with Gasteiger partial charge in [0.05, 0.1) is 0 Å². The van der Waals surface area contributed by atoms with E-state index in [9.17, 15) is 19.2 Å². The van der Waals surface area contributed by atoms with Crippen LogP contribution in [0.25, 0.3) is 6.08 Å². The maximum absolute atomic E-state index is 13.0. The van der Waals surface area contributed by atoms with Crippen molar-refractivity contribution in [2.24, 2.45) is 0 Å². The van der Waals surface area contributed by atoms with Gasteiger partial charge in [-0.1, -0.05) is 34.1 Å². The van der Waals surface area contributed by atoms with Gasteiger partial charge in [-0.05, 0) is 60.7 Å². The molecule has 3 aromatic carbocycles. The number of para-hydroxylation sites is 1. The molecule has 0 spiro atoms. The molecule has 0 aliphatic carbocycles. The van der Waals surface area contributed by atoms with E-state index in [0.29, 0.717) is 27.2 Å². The van der Waals surface area contributed by atoms with Gasteiger partial charge in [-0.2, -0.15) is 5.26 Å². The lowest BCUT2D eigenvalue weighted by Gasteiger charge is -2.11. The topological polar surface area (TPSA) is 91.2 Å². The SMILES string of the molecule is N#CC(=Cc1cc(Br)ccc1OCC(=O)Nc1ccc(F)cc1)C(=O)Nc1ccccc1. The summed E-state index contributed by atoms with van der Waals surface area (Å²) in [6.07, 6.45) is 1.39. The highest BCUT2D eigenvalue weighted by molar-refractivity contribution is 9.10. The summed E-state index contributed by atoms with van der Waals surface area (Å²) >= 11 is 3.35. The number of benzene rings is 3. The quantitative estimate of drug-likeness (QED) is 0.351. The minimum atomic E-state index is -0.571. The Morgan fingerprint density at radius 1 is 1.00 bits per heavy atom. The van der Waals surface area contributed by atoms with E-state index in [1.165, 1.54) is 30.3 Å². The molecular weight excluding hydrogens is 477 g/mol. The van der Waals surface area contributed by atoms with Crippen LogP contribution in [-0.2, 0) is 9.59 Å². The summed E-state index contributed by atoms with van der Waals surface area (Å²) < 4.78 is 19.3. The van der Waals surface area contributed by atoms with Crippen LogP contribution in [0.3, 0.4) is 0 Å². The summed E-state index contributed by atoms with van der Waals surface area (Å²) in [5.74, 6) is -1.12. The van der Waals surface area contributed by atoms with Crippen molar-refractivity contribution in [3.8, 4) is 11.8 Å². The number of nitrogens with one attached hydrogen (secondary N) is 2. The molecule has 0 aromatic heterocycles. The zero-order valence-corrected chi connectivity index (χ0v) is 18.2. The van der Waals surface area contributed by atoms with Gasteiger partial charge in [0.15, 0.2) is 6.61 Å². The Kier molecular flexibility index (Phi) is 7.73. The van der Waals surface area contributed by atoms with Crippen LogP contribution < -0.4 is 15.4 Å². The van der Waals surface area contributed by atoms with E-state index in [2.05, 4.69) is 26.6 Å². The number of carbonyl (C=O) groups is 2. The third-order valence-electron chi connectivity index (χ3n) is 4.16. The molecule has 0 atom stereocenters. The van der Waals surface area contributed by atoms with E-state index < -0.39 is 17.6 Å². The van der Waals surface area contributed by atoms with E-state index in [-0.39, 0.29) is 12.2 Å². The molecular formula is C24H17BrFN3O3. The molecule has 3 rings (SSSR count). The third kappa shape index (κ3) is 6.52. The molecule has 0 bridgehead atoms. The molecule has 8 heteroatoms. The van der Waals surface area contributed by atoms with Gasteiger partial charge in [0.25, 0.3) is 11.8 Å². The van der Waals surface area contributed by atoms with E-state index in [0.717, 1.165) is 0 Å². The minimum Gasteiger partial charge on any atom is -0.483 e. The van der Waals surface area contributed by atoms with E-state index in [1.807, 2.05) is 12.1 Å². The van der Waals surface area contributed by atoms with Gasteiger partial charge in [0.2, 0.25) is 0 Å². The molecule has 0 aliphatic rings. The fourth-order valence-corrected chi connectivity index (χ4v) is 3.04. The number of hydrogen-bond acceptors (Lipinski definition) is 4. The number of halogens is 2. The zero-order chi connectivity index (χ0) is 22.9. The summed E-state index contributed by atoms with van der Waals surface area (Å²) in [4.78, 5) is 24.7. The molecule has 2 N–H and O–H groups in total. The van der Waals surface area contributed by atoms with Crippen LogP contribution in [-0.4, -0.2) is 18.4 Å². The van der Waals surface area contributed by atoms with Crippen molar-refractivity contribution in [1.82, 2.24) is 0 Å². The maximum Gasteiger partial charge on any atom is 0.266 e. The van der Waals surface area contributed by atoms with Gasteiger partial charge in [-0.15, -0.1) is 0 Å². The van der Waals surface area contributed by atoms with Gasteiger partial charge < -0.3 is 15.4 Å². The second kappa shape index (κ2) is 10.9. The van der Waals surface area contributed by atoms with Gasteiger partial charge in [-0.3, -0.25) is 9.59 Å². The first-order valence-corrected chi connectivity index (χ1v) is 10.2. The molecule has 160 valence electrons. The molecule has 0 unspecified atom stereocenters. The second-order valence-corrected chi connectivity index (χ2v) is 7.43. The molecule has 0 radical (unpaired) electrons. The van der Waals surface area contributed by atoms with Crippen molar-refractivity contribution in [2.75, 3.05) is 17.2 Å². The average Bonchev–Trinajstić information content (AvgIpc) is 2.79. The Morgan fingerprint density at radius 3 is 2.38 bits per heavy atom. The molecule has 6 nitrogen and oxygen atoms in total. The first-order chi connectivity index (χ1) is 15.4. The van der Waals surface area contributed by atoms with Gasteiger partial charge >= 0.3 is 0 Å². The first kappa shape index (κ1) is 22.7. The van der Waals surface area contributed by atoms with E-state index >= 15 is 0 Å². The largest absolute Gasteiger partial charge is 0.483 e. The number of nitrogens with zero attached hydrogens (tertiary/aromatic N) is 1. The average molecular weight is 494 g/mol. The predicted octanol–water partition coefficient (Wildman–Crippen LogP) is 5.15. The van der Waals surface area contributed by atoms with Crippen LogP contribution in [0.2, 0.25) is 0 Å². The molecule has 0 saturated heterocycles. The normalized spacial score (nSPS) is 10.7. The van der Waals surface area contributed by atoms with Crippen LogP contribution in [0.5, 0.6) is 5.75 Å². The molecule has 0 saturated carbocycles. The predicted molar refractivity (Wildman–Crippen MR) is 123 cm³/mol. The number of rotatable bonds is 7. The van der Waals surface area contributed by atoms with Crippen LogP contribution in [0.1, 0.15) is 5.56 Å². The lowest BCUT2D eigenvalue weighted by atomic mass is 10.1. The maximum atomic E-state index is 13.0. The monoisotopic (exact) mass is 493 g/mol. The zero-order valence-electron chi connectivity index (χ0n) is 16.6. The Hall–Kier alpha value is -3.96. The van der Waals surface area contributed by atoms with E-state index in [4.69, 9.17) is 4.74 Å². The van der Waals surface area contributed by atoms with Gasteiger partial charge in [0.1, 0.15) is 23.2 Å². The minimum absolute atomic E-state index is 0.132. The molecule has 0 aliphatic heterocycles. The van der Waals surface area contributed by atoms with Crippen molar-refractivity contribution in [3.05, 3.63) is 94.2 Å². The number of anilines is 2. The lowest BCUT2D eigenvalue weighted by molar-refractivity contribution is -0.118. The number of ether oxygens (including phenoxy) is 1. The second-order valence-electron chi connectivity index (χ2n) is 6.52. The Bertz CT molecular complexity index is 1190. The standard InChI is InChI=1S/C24H17BrFN3O3/c25-18-6-11-22(32-15-23(30)28-21-9-7-19(26)8-10-21)16(13-18)12-17(14-27)24(31)29-20-4-2-1-3-5-20/h1-13H,15H2,(H,28,30)(H,29,31). The van der Waals surface area contributed by atoms with Crippen LogP contribution >= 0.6 is 15.9 Å². The highest BCUT2D eigenvalue weighted by atomic mass is 79.9. The van der Waals surface area contributed by atoms with Gasteiger partial charge in [-0.25, -0.2) is 4.39 Å². The highest BCUT2D eigenvalue weighted by Crippen LogP contribution is 2.26. The molecule has 0 fully saturated rings. The van der Waals surface area contributed by atoms with Crippen LogP contribution in [0.15, 0.2) is 82.8 Å². The lowest BCUT2D eigenvalue weighted by Crippen LogP contribution is -2.20. The van der Waals surface area contributed by atoms with Crippen molar-refractivity contribution >= 4 is 45.2 Å². The van der Waals surface area contributed by atoms with Crippen molar-refractivity contribution in [2.45, 2.75) is 0 Å². The Balaban J connectivity index is 1.73. The Labute approximate surface area is 192 Å². The van der Waals surface area contributed by atoms with Crippen LogP contribution in [0.4, 0.5) is 15.8 Å². The summed E-state index contributed by atoms with van der Waals surface area (Å²) in [6, 6.07) is 21.0. The highest BCUT2D eigenvalue weighted by Gasteiger charge is 2.13. The van der Waals surface area contributed by atoms with Crippen molar-refractivity contribution in [1.29, 1.82) is 5.26 Å². The number of hydrogen-bond donors (Lipinski definition) is 2. The molecule has 3 aromatic rings. The summed E-state index contributed by atoms with van der Waals surface area (Å²) in [7, 11) is 0. The number of amides is 2. The summed E-state index contributed by atoms with van der Waals surface area (Å²) in [5.41, 5.74) is 1.29. The van der Waals surface area contributed by atoms with Crippen LogP contribution in [0, 0.1) is 17.1 Å². The number of carbonyl (C=O) groups excluding carboxylic acids is 2. The van der Waals surface area contributed by atoms with E-state index in [1.54, 1.807) is 42.5 Å². The number of nitriles is 1. The first-order valence-electron chi connectivity index (χ1n) is 9.40. The fraction of sp³-hybridized carbons (Fsp3) is 0.0417. The van der Waals surface area contributed by atoms with Crippen molar-refractivity contribution < 1.29 is 18.7 Å².